The summed E-state index contributed by atoms with van der Waals surface area (Å²) < 4.78 is 20.2. The van der Waals surface area contributed by atoms with Crippen molar-refractivity contribution in [3.63, 3.8) is 0 Å². The number of rotatable bonds is 7. The van der Waals surface area contributed by atoms with Crippen LogP contribution in [0.2, 0.25) is 0 Å². The topological polar surface area (TPSA) is 46.5 Å². The molecular weight excluding hydrogens is 427 g/mol. The van der Waals surface area contributed by atoms with Crippen molar-refractivity contribution in [2.75, 3.05) is 13.0 Å². The summed E-state index contributed by atoms with van der Waals surface area (Å²) in [5.41, 5.74) is 2.68. The minimum Gasteiger partial charge on any atom is -0.507 e. The molecule has 0 saturated carbocycles. The first-order valence-corrected chi connectivity index (χ1v) is 13.5. The molecule has 3 nitrogen and oxygen atoms in total. The lowest BCUT2D eigenvalue weighted by molar-refractivity contribution is 0.180. The second-order valence-corrected chi connectivity index (χ2v) is 13.5. The molecule has 0 saturated heterocycles. The van der Waals surface area contributed by atoms with Crippen LogP contribution in [0.5, 0.6) is 5.75 Å². The molecule has 3 rings (SSSR count). The molecular formula is C29H37O3P. The summed E-state index contributed by atoms with van der Waals surface area (Å²) in [5.74, 6) is 0.386. The third-order valence-electron chi connectivity index (χ3n) is 5.94. The van der Waals surface area contributed by atoms with Crippen LogP contribution in [0.3, 0.4) is 0 Å². The van der Waals surface area contributed by atoms with Gasteiger partial charge in [0.1, 0.15) is 12.1 Å². The van der Waals surface area contributed by atoms with E-state index in [1.165, 1.54) is 0 Å². The molecule has 0 spiro atoms. The molecule has 0 atom stereocenters. The van der Waals surface area contributed by atoms with Crippen LogP contribution < -0.4 is 10.6 Å². The standard InChI is InChI=1S/C29H37O3P/c1-28(2,3)25-19-22(20-26(27(25)30)29(4,5)6)17-18-32-21-33(31,23-13-9-7-10-14-23)24-15-11-8-12-16-24/h7-16,19-20,30H,17-18,21H2,1-6H3. The number of benzene rings is 3. The van der Waals surface area contributed by atoms with Crippen LogP contribution in [0, 0.1) is 0 Å². The van der Waals surface area contributed by atoms with Gasteiger partial charge in [-0.2, -0.15) is 0 Å². The number of hydrogen-bond acceptors (Lipinski definition) is 3. The maximum atomic E-state index is 14.1. The van der Waals surface area contributed by atoms with Crippen molar-refractivity contribution in [1.82, 2.24) is 0 Å². The van der Waals surface area contributed by atoms with Gasteiger partial charge in [0.25, 0.3) is 0 Å². The molecule has 0 fully saturated rings. The Morgan fingerprint density at radius 1 is 0.758 bits per heavy atom. The van der Waals surface area contributed by atoms with Crippen LogP contribution in [0.1, 0.15) is 58.2 Å². The van der Waals surface area contributed by atoms with E-state index in [9.17, 15) is 9.67 Å². The Morgan fingerprint density at radius 3 is 1.58 bits per heavy atom. The minimum atomic E-state index is -2.89. The first-order chi connectivity index (χ1) is 15.4. The average Bonchev–Trinajstić information content (AvgIpc) is 2.77. The fourth-order valence-corrected chi connectivity index (χ4v) is 6.29. The van der Waals surface area contributed by atoms with Gasteiger partial charge < -0.3 is 14.4 Å². The Morgan fingerprint density at radius 2 is 1.18 bits per heavy atom. The van der Waals surface area contributed by atoms with E-state index in [0.29, 0.717) is 18.8 Å². The fourth-order valence-electron chi connectivity index (χ4n) is 4.00. The average molecular weight is 465 g/mol. The van der Waals surface area contributed by atoms with Crippen LogP contribution in [0.4, 0.5) is 0 Å². The number of aromatic hydroxyl groups is 1. The summed E-state index contributed by atoms with van der Waals surface area (Å²) in [5, 5.41) is 12.6. The molecule has 3 aromatic carbocycles. The zero-order valence-electron chi connectivity index (χ0n) is 20.8. The van der Waals surface area contributed by atoms with Gasteiger partial charge in [0.05, 0.1) is 6.61 Å². The van der Waals surface area contributed by atoms with Gasteiger partial charge in [-0.3, -0.25) is 0 Å². The quantitative estimate of drug-likeness (QED) is 0.320. The van der Waals surface area contributed by atoms with Crippen LogP contribution in [0.25, 0.3) is 0 Å². The van der Waals surface area contributed by atoms with E-state index in [-0.39, 0.29) is 17.2 Å². The summed E-state index contributed by atoms with van der Waals surface area (Å²) >= 11 is 0. The Balaban J connectivity index is 1.81. The van der Waals surface area contributed by atoms with E-state index in [0.717, 1.165) is 27.3 Å². The van der Waals surface area contributed by atoms with Crippen molar-refractivity contribution in [2.45, 2.75) is 58.8 Å². The fraction of sp³-hybridized carbons (Fsp3) is 0.379. The van der Waals surface area contributed by atoms with Crippen molar-refractivity contribution in [3.8, 4) is 5.75 Å². The van der Waals surface area contributed by atoms with Crippen molar-refractivity contribution in [3.05, 3.63) is 89.5 Å². The molecule has 0 radical (unpaired) electrons. The first kappa shape index (κ1) is 25.3. The third kappa shape index (κ3) is 5.96. The van der Waals surface area contributed by atoms with Gasteiger partial charge in [0.2, 0.25) is 0 Å². The van der Waals surface area contributed by atoms with Gasteiger partial charge in [-0.1, -0.05) is 114 Å². The van der Waals surface area contributed by atoms with E-state index in [1.54, 1.807) is 0 Å². The number of hydrogen-bond donors (Lipinski definition) is 1. The van der Waals surface area contributed by atoms with Crippen LogP contribution in [-0.4, -0.2) is 18.1 Å². The molecule has 1 N–H and O–H groups in total. The number of ether oxygens (including phenoxy) is 1. The van der Waals surface area contributed by atoms with E-state index in [2.05, 4.69) is 53.7 Å². The maximum absolute atomic E-state index is 14.1. The Kier molecular flexibility index (Phi) is 7.56. The lowest BCUT2D eigenvalue weighted by atomic mass is 9.78. The number of phenols is 1. The van der Waals surface area contributed by atoms with Crippen LogP contribution in [0.15, 0.2) is 72.8 Å². The molecule has 4 heteroatoms. The van der Waals surface area contributed by atoms with E-state index < -0.39 is 7.14 Å². The monoisotopic (exact) mass is 464 g/mol. The second-order valence-electron chi connectivity index (χ2n) is 10.7. The highest BCUT2D eigenvalue weighted by atomic mass is 31.2. The van der Waals surface area contributed by atoms with Crippen molar-refractivity contribution >= 4 is 17.8 Å². The summed E-state index contributed by atoms with van der Waals surface area (Å²) in [6, 6.07) is 23.4. The van der Waals surface area contributed by atoms with E-state index in [1.807, 2.05) is 60.7 Å². The van der Waals surface area contributed by atoms with Crippen LogP contribution >= 0.6 is 7.14 Å². The van der Waals surface area contributed by atoms with Gasteiger partial charge in [0, 0.05) is 10.6 Å². The zero-order chi connectivity index (χ0) is 24.3. The Hall–Kier alpha value is -2.35. The minimum absolute atomic E-state index is 0.164. The molecule has 0 unspecified atom stereocenters. The maximum Gasteiger partial charge on any atom is 0.167 e. The second kappa shape index (κ2) is 9.87. The van der Waals surface area contributed by atoms with Crippen molar-refractivity contribution in [2.24, 2.45) is 0 Å². The molecule has 0 heterocycles. The smallest absolute Gasteiger partial charge is 0.167 e. The zero-order valence-corrected chi connectivity index (χ0v) is 21.7. The SMILES string of the molecule is CC(C)(C)c1cc(CCOCP(=O)(c2ccccc2)c2ccccc2)cc(C(C)(C)C)c1O. The lowest BCUT2D eigenvalue weighted by Crippen LogP contribution is -2.20. The lowest BCUT2D eigenvalue weighted by Gasteiger charge is -2.28. The molecule has 0 bridgehead atoms. The molecule has 0 amide bonds. The molecule has 0 aliphatic rings. The largest absolute Gasteiger partial charge is 0.507 e. The number of phenolic OH excluding ortho intramolecular Hbond substituents is 1. The highest BCUT2D eigenvalue weighted by Crippen LogP contribution is 2.43. The van der Waals surface area contributed by atoms with Crippen molar-refractivity contribution < 1.29 is 14.4 Å². The van der Waals surface area contributed by atoms with Gasteiger partial charge in [-0.05, 0) is 33.9 Å². The van der Waals surface area contributed by atoms with Crippen molar-refractivity contribution in [1.29, 1.82) is 0 Å². The van der Waals surface area contributed by atoms with E-state index >= 15 is 0 Å². The summed E-state index contributed by atoms with van der Waals surface area (Å²) in [6.07, 6.45) is 0.855. The van der Waals surface area contributed by atoms with Gasteiger partial charge >= 0.3 is 0 Å². The highest BCUT2D eigenvalue weighted by Gasteiger charge is 2.28. The molecule has 0 aliphatic heterocycles. The molecule has 3 aromatic rings. The predicted octanol–water partition coefficient (Wildman–Crippen LogP) is 6.52. The van der Waals surface area contributed by atoms with E-state index in [4.69, 9.17) is 4.74 Å². The van der Waals surface area contributed by atoms with Gasteiger partial charge in [-0.25, -0.2) is 0 Å². The Labute approximate surface area is 199 Å². The molecule has 176 valence electrons. The predicted molar refractivity (Wildman–Crippen MR) is 140 cm³/mol. The van der Waals surface area contributed by atoms with Gasteiger partial charge in [-0.15, -0.1) is 0 Å². The normalized spacial score (nSPS) is 12.7. The summed E-state index contributed by atoms with van der Waals surface area (Å²) in [6.45, 7) is 13.2. The Bertz CT molecular complexity index is 1030. The van der Waals surface area contributed by atoms with Gasteiger partial charge in [0.15, 0.2) is 7.14 Å². The third-order valence-corrected chi connectivity index (χ3v) is 8.75. The highest BCUT2D eigenvalue weighted by molar-refractivity contribution is 7.78. The van der Waals surface area contributed by atoms with Crippen LogP contribution in [-0.2, 0) is 26.6 Å². The first-order valence-electron chi connectivity index (χ1n) is 11.6. The molecule has 0 aromatic heterocycles. The molecule has 0 aliphatic carbocycles. The summed E-state index contributed by atoms with van der Waals surface area (Å²) in [4.78, 5) is 0. The molecule has 33 heavy (non-hydrogen) atoms. The summed E-state index contributed by atoms with van der Waals surface area (Å²) in [7, 11) is -2.89.